The first-order chi connectivity index (χ1) is 23.7. The number of hydrogen-bond acceptors (Lipinski definition) is 1. The van der Waals surface area contributed by atoms with Gasteiger partial charge in [-0.1, -0.05) is 110 Å². The zero-order chi connectivity index (χ0) is 32.4. The van der Waals surface area contributed by atoms with Gasteiger partial charge in [0, 0.05) is 32.1 Å². The van der Waals surface area contributed by atoms with Gasteiger partial charge in [-0.3, -0.25) is 0 Å². The van der Waals surface area contributed by atoms with E-state index in [9.17, 15) is 5.26 Å². The van der Waals surface area contributed by atoms with Crippen LogP contribution in [0.25, 0.3) is 83.7 Å². The number of para-hydroxylation sites is 5. The number of rotatable bonds is 4. The minimum absolute atomic E-state index is 0.591. The maximum absolute atomic E-state index is 11.2. The largest absolute Gasteiger partial charge is 0.309 e. The lowest BCUT2D eigenvalue weighted by Crippen LogP contribution is -2.28. The molecular formula is C44H30N4. The Hall–Kier alpha value is -6.57. The molecule has 3 heterocycles. The number of hydrogen-bond donors (Lipinski definition) is 0. The zero-order valence-corrected chi connectivity index (χ0v) is 26.4. The van der Waals surface area contributed by atoms with Crippen molar-refractivity contribution < 1.29 is 0 Å². The van der Waals surface area contributed by atoms with Crippen LogP contribution >= 0.6 is 0 Å². The molecular weight excluding hydrogens is 585 g/mol. The van der Waals surface area contributed by atoms with Gasteiger partial charge >= 0.3 is 0 Å². The highest BCUT2D eigenvalue weighted by molar-refractivity contribution is 6.11. The van der Waals surface area contributed by atoms with Crippen LogP contribution in [0.2, 0.25) is 0 Å². The van der Waals surface area contributed by atoms with Crippen LogP contribution in [0.15, 0.2) is 146 Å². The normalized spacial score (nSPS) is 12.6. The Bertz CT molecular complexity index is 2830. The van der Waals surface area contributed by atoms with Gasteiger partial charge in [-0.15, -0.1) is 0 Å². The molecule has 0 unspecified atom stereocenters. The minimum atomic E-state index is 0.591. The SMILES string of the molecule is C=C/C=c1\c(=C/C)c2ccccc2n1-c1cc(-n2c3ccccc3c3ccccc32)cc(-n2c3ccccc3c3ccccc32)c1C#N. The third-order valence-electron chi connectivity index (χ3n) is 9.61. The van der Waals surface area contributed by atoms with Gasteiger partial charge in [0.1, 0.15) is 11.6 Å². The Morgan fingerprint density at radius 1 is 0.542 bits per heavy atom. The van der Waals surface area contributed by atoms with E-state index in [1.54, 1.807) is 0 Å². The molecule has 0 amide bonds. The summed E-state index contributed by atoms with van der Waals surface area (Å²) in [6.45, 7) is 6.14. The fraction of sp³-hybridized carbons (Fsp3) is 0.0227. The number of nitrogens with zero attached hydrogens (tertiary/aromatic N) is 4. The van der Waals surface area contributed by atoms with Crippen LogP contribution in [0.3, 0.4) is 0 Å². The van der Waals surface area contributed by atoms with E-state index >= 15 is 0 Å². The van der Waals surface area contributed by atoms with E-state index in [2.05, 4.69) is 173 Å². The third kappa shape index (κ3) is 3.82. The molecule has 0 aliphatic heterocycles. The van der Waals surface area contributed by atoms with Crippen LogP contribution in [-0.4, -0.2) is 13.7 Å². The lowest BCUT2D eigenvalue weighted by Gasteiger charge is -2.19. The van der Waals surface area contributed by atoms with Crippen molar-refractivity contribution in [2.24, 2.45) is 0 Å². The average molecular weight is 615 g/mol. The second kappa shape index (κ2) is 10.8. The molecule has 0 radical (unpaired) electrons. The van der Waals surface area contributed by atoms with Crippen molar-refractivity contribution in [3.8, 4) is 23.1 Å². The monoisotopic (exact) mass is 614 g/mol. The minimum Gasteiger partial charge on any atom is -0.309 e. The van der Waals surface area contributed by atoms with Gasteiger partial charge in [0.2, 0.25) is 0 Å². The summed E-state index contributed by atoms with van der Waals surface area (Å²) in [4.78, 5) is 0. The van der Waals surface area contributed by atoms with Crippen LogP contribution in [0, 0.1) is 11.3 Å². The quantitative estimate of drug-likeness (QED) is 0.195. The first-order valence-electron chi connectivity index (χ1n) is 16.2. The van der Waals surface area contributed by atoms with E-state index in [1.165, 1.54) is 10.8 Å². The van der Waals surface area contributed by atoms with Crippen molar-refractivity contribution in [2.45, 2.75) is 6.92 Å². The van der Waals surface area contributed by atoms with Gasteiger partial charge in [-0.05, 0) is 55.5 Å². The predicted molar refractivity (Wildman–Crippen MR) is 201 cm³/mol. The van der Waals surface area contributed by atoms with Gasteiger partial charge in [0.05, 0.1) is 50.0 Å². The Morgan fingerprint density at radius 2 is 0.938 bits per heavy atom. The van der Waals surface area contributed by atoms with Gasteiger partial charge in [-0.25, -0.2) is 0 Å². The second-order valence-corrected chi connectivity index (χ2v) is 12.1. The highest BCUT2D eigenvalue weighted by atomic mass is 15.0. The maximum Gasteiger partial charge on any atom is 0.104 e. The molecule has 6 aromatic carbocycles. The van der Waals surface area contributed by atoms with E-state index in [0.29, 0.717) is 5.56 Å². The summed E-state index contributed by atoms with van der Waals surface area (Å²) in [5, 5.41) is 19.1. The highest BCUT2D eigenvalue weighted by Gasteiger charge is 2.23. The molecule has 48 heavy (non-hydrogen) atoms. The van der Waals surface area contributed by atoms with Crippen LogP contribution in [0.5, 0.6) is 0 Å². The van der Waals surface area contributed by atoms with Crippen LogP contribution in [0.1, 0.15) is 12.5 Å². The fourth-order valence-corrected chi connectivity index (χ4v) is 7.70. The van der Waals surface area contributed by atoms with Gasteiger partial charge < -0.3 is 13.7 Å². The summed E-state index contributed by atoms with van der Waals surface area (Å²) < 4.78 is 6.83. The van der Waals surface area contributed by atoms with Crippen LogP contribution in [0.4, 0.5) is 0 Å². The number of aromatic nitrogens is 3. The molecule has 0 bridgehead atoms. The van der Waals surface area contributed by atoms with Gasteiger partial charge in [0.15, 0.2) is 0 Å². The summed E-state index contributed by atoms with van der Waals surface area (Å²) in [5.74, 6) is 0. The average Bonchev–Trinajstić information content (AvgIpc) is 3.76. The Kier molecular flexibility index (Phi) is 6.21. The second-order valence-electron chi connectivity index (χ2n) is 12.1. The number of benzene rings is 6. The van der Waals surface area contributed by atoms with Crippen molar-refractivity contribution in [3.05, 3.63) is 162 Å². The Morgan fingerprint density at radius 3 is 1.38 bits per heavy atom. The fourth-order valence-electron chi connectivity index (χ4n) is 7.70. The molecule has 0 aliphatic rings. The number of nitriles is 1. The van der Waals surface area contributed by atoms with Crippen molar-refractivity contribution >= 4 is 66.7 Å². The summed E-state index contributed by atoms with van der Waals surface area (Å²) in [7, 11) is 0. The maximum atomic E-state index is 11.2. The van der Waals surface area contributed by atoms with E-state index in [1.807, 2.05) is 12.2 Å². The van der Waals surface area contributed by atoms with Crippen molar-refractivity contribution in [2.75, 3.05) is 0 Å². The van der Waals surface area contributed by atoms with Crippen LogP contribution < -0.4 is 10.6 Å². The number of allylic oxidation sites excluding steroid dienone is 1. The lowest BCUT2D eigenvalue weighted by atomic mass is 10.1. The Balaban J connectivity index is 1.53. The van der Waals surface area contributed by atoms with Crippen molar-refractivity contribution in [1.82, 2.24) is 13.7 Å². The first-order valence-corrected chi connectivity index (χ1v) is 16.2. The summed E-state index contributed by atoms with van der Waals surface area (Å²) in [5.41, 5.74) is 8.57. The topological polar surface area (TPSA) is 38.6 Å². The molecule has 226 valence electrons. The molecule has 0 atom stereocenters. The van der Waals surface area contributed by atoms with Crippen molar-refractivity contribution in [1.29, 1.82) is 5.26 Å². The predicted octanol–water partition coefficient (Wildman–Crippen LogP) is 9.46. The Labute approximate surface area is 277 Å². The van der Waals surface area contributed by atoms with E-state index in [4.69, 9.17) is 0 Å². The number of fused-ring (bicyclic) bond motifs is 7. The third-order valence-corrected chi connectivity index (χ3v) is 9.61. The molecule has 4 nitrogen and oxygen atoms in total. The molecule has 9 rings (SSSR count). The summed E-state index contributed by atoms with van der Waals surface area (Å²) >= 11 is 0. The van der Waals surface area contributed by atoms with Crippen LogP contribution in [-0.2, 0) is 0 Å². The summed E-state index contributed by atoms with van der Waals surface area (Å²) in [6, 6.07) is 49.5. The molecule has 4 heteroatoms. The first kappa shape index (κ1) is 27.7. The molecule has 0 saturated carbocycles. The van der Waals surface area contributed by atoms with Crippen molar-refractivity contribution in [3.63, 3.8) is 0 Å². The molecule has 0 aliphatic carbocycles. The van der Waals surface area contributed by atoms with E-state index in [-0.39, 0.29) is 0 Å². The molecule has 0 N–H and O–H groups in total. The zero-order valence-electron chi connectivity index (χ0n) is 26.4. The highest BCUT2D eigenvalue weighted by Crippen LogP contribution is 2.38. The molecule has 9 aromatic rings. The summed E-state index contributed by atoms with van der Waals surface area (Å²) in [6.07, 6.45) is 6.02. The molecule has 0 spiro atoms. The van der Waals surface area contributed by atoms with E-state index < -0.39 is 0 Å². The smallest absolute Gasteiger partial charge is 0.104 e. The van der Waals surface area contributed by atoms with E-state index in [0.717, 1.165) is 71.4 Å². The molecule has 0 saturated heterocycles. The molecule has 0 fully saturated rings. The molecule has 3 aromatic heterocycles. The van der Waals surface area contributed by atoms with Gasteiger partial charge in [0.25, 0.3) is 0 Å². The lowest BCUT2D eigenvalue weighted by molar-refractivity contribution is 1.03. The standard InChI is InChI=1S/C44H30N4/c1-3-15-37-30(4-2)31-16-5-12-23-40(31)47(37)43-26-29(46-38-21-10-6-17-32(38)33-18-7-11-22-39(33)46)27-44(36(43)28-45)48-41-24-13-8-19-34(41)35-20-9-14-25-42(35)48/h3-27H,1H2,2H3/b30-4-,37-15+. The van der Waals surface area contributed by atoms with Gasteiger partial charge in [-0.2, -0.15) is 5.26 Å².